The highest BCUT2D eigenvalue weighted by molar-refractivity contribution is 4.93. The van der Waals surface area contributed by atoms with Crippen molar-refractivity contribution in [1.82, 2.24) is 0 Å². The molecule has 0 saturated heterocycles. The Morgan fingerprint density at radius 3 is 1.07 bits per heavy atom. The summed E-state index contributed by atoms with van der Waals surface area (Å²) >= 11 is 0. The van der Waals surface area contributed by atoms with Crippen molar-refractivity contribution in [3.8, 4) is 0 Å². The second kappa shape index (κ2) is 36.9. The molecule has 3 heteroatoms. The van der Waals surface area contributed by atoms with E-state index >= 15 is 0 Å². The Balaban J connectivity index is 3.39. The van der Waals surface area contributed by atoms with Crippen LogP contribution < -0.4 is 5.73 Å². The lowest BCUT2D eigenvalue weighted by atomic mass is 10.1. The van der Waals surface area contributed by atoms with Gasteiger partial charge in [-0.15, -0.1) is 0 Å². The minimum atomic E-state index is -0.231. The van der Waals surface area contributed by atoms with E-state index in [2.05, 4.69) is 62.5 Å². The number of rotatable bonds is 33. The van der Waals surface area contributed by atoms with Crippen LogP contribution in [0.3, 0.4) is 0 Å². The second-order valence-electron chi connectivity index (χ2n) is 11.6. The molecule has 0 amide bonds. The summed E-state index contributed by atoms with van der Waals surface area (Å²) in [5.74, 6) is 0. The van der Waals surface area contributed by atoms with E-state index in [9.17, 15) is 0 Å². The van der Waals surface area contributed by atoms with E-state index < -0.39 is 0 Å². The molecule has 0 atom stereocenters. The fraction of sp³-hybridized carbons (Fsp3) is 0.789. The van der Waals surface area contributed by atoms with E-state index in [0.717, 1.165) is 38.9 Å². The van der Waals surface area contributed by atoms with Gasteiger partial charge in [0.2, 0.25) is 0 Å². The van der Waals surface area contributed by atoms with Crippen molar-refractivity contribution in [2.75, 3.05) is 19.8 Å². The summed E-state index contributed by atoms with van der Waals surface area (Å²) in [5, 5.41) is 0. The molecule has 0 aliphatic carbocycles. The zero-order valence-corrected chi connectivity index (χ0v) is 27.7. The summed E-state index contributed by atoms with van der Waals surface area (Å²) in [4.78, 5) is 0. The molecular weight excluding hydrogens is 502 g/mol. The molecule has 0 aromatic rings. The largest absolute Gasteiger partial charge is 0.351 e. The molecule has 41 heavy (non-hydrogen) atoms. The van der Waals surface area contributed by atoms with Crippen LogP contribution in [-0.2, 0) is 9.47 Å². The Hall–Kier alpha value is -1.16. The normalized spacial score (nSPS) is 13.1. The van der Waals surface area contributed by atoms with E-state index in [1.807, 2.05) is 0 Å². The molecule has 0 saturated carbocycles. The van der Waals surface area contributed by atoms with Gasteiger partial charge in [0, 0.05) is 19.8 Å². The topological polar surface area (TPSA) is 44.5 Å². The third kappa shape index (κ3) is 34.9. The zero-order valence-electron chi connectivity index (χ0n) is 27.7. The predicted octanol–water partition coefficient (Wildman–Crippen LogP) is 11.9. The summed E-state index contributed by atoms with van der Waals surface area (Å²) < 4.78 is 11.7. The van der Waals surface area contributed by atoms with Crippen molar-refractivity contribution >= 4 is 0 Å². The second-order valence-corrected chi connectivity index (χ2v) is 11.6. The van der Waals surface area contributed by atoms with Crippen LogP contribution in [0.2, 0.25) is 0 Å². The molecule has 0 unspecified atom stereocenters. The van der Waals surface area contributed by atoms with Crippen molar-refractivity contribution in [2.24, 2.45) is 5.73 Å². The first-order valence-corrected chi connectivity index (χ1v) is 17.9. The average Bonchev–Trinajstić information content (AvgIpc) is 2.99. The molecule has 0 aromatic carbocycles. The Kier molecular flexibility index (Phi) is 35.8. The molecule has 0 heterocycles. The van der Waals surface area contributed by atoms with Crippen molar-refractivity contribution < 1.29 is 9.47 Å². The third-order valence-corrected chi connectivity index (χ3v) is 7.49. The predicted molar refractivity (Wildman–Crippen MR) is 183 cm³/mol. The molecule has 0 spiro atoms. The number of nitrogens with two attached hydrogens (primary N) is 1. The number of hydrogen-bond donors (Lipinski definition) is 1. The summed E-state index contributed by atoms with van der Waals surface area (Å²) in [6, 6.07) is 0. The molecule has 3 nitrogen and oxygen atoms in total. The fourth-order valence-electron chi connectivity index (χ4n) is 4.79. The van der Waals surface area contributed by atoms with Gasteiger partial charge in [0.05, 0.1) is 0 Å². The van der Waals surface area contributed by atoms with Gasteiger partial charge in [-0.1, -0.05) is 140 Å². The van der Waals surface area contributed by atoms with Crippen LogP contribution in [0.4, 0.5) is 0 Å². The van der Waals surface area contributed by atoms with Crippen LogP contribution in [0.1, 0.15) is 168 Å². The molecule has 0 aliphatic rings. The SMILES string of the molecule is CCCCCC=CCC=CCCCCCCCCOC(CN)OCCCCCCCCC=CCC=CCCCCC. The van der Waals surface area contributed by atoms with E-state index in [-0.39, 0.29) is 6.29 Å². The van der Waals surface area contributed by atoms with Gasteiger partial charge in [0.15, 0.2) is 6.29 Å². The zero-order chi connectivity index (χ0) is 29.7. The van der Waals surface area contributed by atoms with Gasteiger partial charge in [-0.3, -0.25) is 0 Å². The van der Waals surface area contributed by atoms with Crippen molar-refractivity contribution in [3.63, 3.8) is 0 Å². The van der Waals surface area contributed by atoms with E-state index in [1.165, 1.54) is 128 Å². The van der Waals surface area contributed by atoms with Gasteiger partial charge < -0.3 is 15.2 Å². The molecule has 0 rings (SSSR count). The monoisotopic (exact) mass is 574 g/mol. The van der Waals surface area contributed by atoms with Crippen LogP contribution >= 0.6 is 0 Å². The average molecular weight is 574 g/mol. The maximum absolute atomic E-state index is 5.87. The van der Waals surface area contributed by atoms with Gasteiger partial charge in [-0.2, -0.15) is 0 Å². The van der Waals surface area contributed by atoms with Crippen LogP contribution in [0.5, 0.6) is 0 Å². The molecule has 0 fully saturated rings. The lowest BCUT2D eigenvalue weighted by molar-refractivity contribution is -0.137. The van der Waals surface area contributed by atoms with Crippen LogP contribution in [0, 0.1) is 0 Å². The van der Waals surface area contributed by atoms with Crippen molar-refractivity contribution in [1.29, 1.82) is 0 Å². The highest BCUT2D eigenvalue weighted by Crippen LogP contribution is 2.11. The first-order valence-electron chi connectivity index (χ1n) is 17.9. The summed E-state index contributed by atoms with van der Waals surface area (Å²) in [6.07, 6.45) is 48.8. The van der Waals surface area contributed by atoms with E-state index in [4.69, 9.17) is 15.2 Å². The number of ether oxygens (including phenoxy) is 2. The first kappa shape index (κ1) is 39.8. The number of hydrogen-bond acceptors (Lipinski definition) is 3. The highest BCUT2D eigenvalue weighted by Gasteiger charge is 2.06. The molecule has 0 bridgehead atoms. The fourth-order valence-corrected chi connectivity index (χ4v) is 4.79. The van der Waals surface area contributed by atoms with E-state index in [0.29, 0.717) is 6.54 Å². The molecule has 240 valence electrons. The molecule has 0 aliphatic heterocycles. The molecular formula is C38H71NO2. The smallest absolute Gasteiger partial charge is 0.169 e. The van der Waals surface area contributed by atoms with E-state index in [1.54, 1.807) is 0 Å². The quantitative estimate of drug-likeness (QED) is 0.0482. The number of unbranched alkanes of at least 4 members (excludes halogenated alkanes) is 18. The number of allylic oxidation sites excluding steroid dienone is 8. The standard InChI is InChI=1S/C38H71NO2/c1-3-5-7-9-11-13-15-17-19-21-23-25-27-29-31-33-35-40-38(37-39)41-36-34-32-30-28-26-24-22-20-18-16-14-12-10-8-6-4-2/h11-14,17-20,38H,3-10,15-16,21-37,39H2,1-2H3. The van der Waals surface area contributed by atoms with Gasteiger partial charge in [0.25, 0.3) is 0 Å². The van der Waals surface area contributed by atoms with Crippen LogP contribution in [0.15, 0.2) is 48.6 Å². The Labute approximate surface area is 257 Å². The third-order valence-electron chi connectivity index (χ3n) is 7.49. The van der Waals surface area contributed by atoms with Gasteiger partial charge in [-0.05, 0) is 77.0 Å². The first-order chi connectivity index (χ1) is 20.3. The van der Waals surface area contributed by atoms with Crippen molar-refractivity contribution in [2.45, 2.75) is 174 Å². The Morgan fingerprint density at radius 2 is 0.732 bits per heavy atom. The lowest BCUT2D eigenvalue weighted by Crippen LogP contribution is -2.27. The molecule has 0 aromatic heterocycles. The summed E-state index contributed by atoms with van der Waals surface area (Å²) in [7, 11) is 0. The highest BCUT2D eigenvalue weighted by atomic mass is 16.7. The summed E-state index contributed by atoms with van der Waals surface area (Å²) in [6.45, 7) is 6.50. The Bertz CT molecular complexity index is 545. The minimum absolute atomic E-state index is 0.231. The maximum atomic E-state index is 5.87. The Morgan fingerprint density at radius 1 is 0.415 bits per heavy atom. The van der Waals surface area contributed by atoms with Gasteiger partial charge in [-0.25, -0.2) is 0 Å². The lowest BCUT2D eigenvalue weighted by Gasteiger charge is -2.16. The van der Waals surface area contributed by atoms with Gasteiger partial charge >= 0.3 is 0 Å². The summed E-state index contributed by atoms with van der Waals surface area (Å²) in [5.41, 5.74) is 5.85. The minimum Gasteiger partial charge on any atom is -0.351 e. The van der Waals surface area contributed by atoms with Gasteiger partial charge in [0.1, 0.15) is 0 Å². The van der Waals surface area contributed by atoms with Crippen LogP contribution in [-0.4, -0.2) is 26.0 Å². The van der Waals surface area contributed by atoms with Crippen molar-refractivity contribution in [3.05, 3.63) is 48.6 Å². The maximum Gasteiger partial charge on any atom is 0.169 e. The van der Waals surface area contributed by atoms with Crippen LogP contribution in [0.25, 0.3) is 0 Å². The molecule has 2 N–H and O–H groups in total. The molecule has 0 radical (unpaired) electrons.